The van der Waals surface area contributed by atoms with Crippen LogP contribution in [0.5, 0.6) is 0 Å². The number of nitrogens with one attached hydrogen (secondary N) is 1. The maximum Gasteiger partial charge on any atom is 0.309 e. The molecule has 1 amide bonds. The highest BCUT2D eigenvalue weighted by Gasteiger charge is 2.70. The molecule has 1 aromatic carbocycles. The van der Waals surface area contributed by atoms with Crippen LogP contribution in [-0.4, -0.2) is 50.5 Å². The average molecular weight is 756 g/mol. The Labute approximate surface area is 326 Å². The highest BCUT2D eigenvalue weighted by atomic mass is 19.1. The Morgan fingerprint density at radius 1 is 0.855 bits per heavy atom. The van der Waals surface area contributed by atoms with Crippen LogP contribution >= 0.6 is 0 Å². The molecule has 2 N–H and O–H groups in total. The molecule has 9 heteroatoms. The van der Waals surface area contributed by atoms with Gasteiger partial charge in [-0.25, -0.2) is 9.37 Å². The molecule has 0 spiro atoms. The van der Waals surface area contributed by atoms with Crippen LogP contribution in [-0.2, 0) is 19.1 Å². The molecule has 6 saturated carbocycles. The first-order valence-electron chi connectivity index (χ1n) is 21.8. The number of imidazole rings is 1. The molecule has 7 fully saturated rings. The number of carboxylic acids is 1. The minimum atomic E-state index is -0.807. The largest absolute Gasteiger partial charge is 0.481 e. The van der Waals surface area contributed by atoms with Gasteiger partial charge in [0, 0.05) is 12.1 Å². The van der Waals surface area contributed by atoms with E-state index in [9.17, 15) is 19.1 Å². The summed E-state index contributed by atoms with van der Waals surface area (Å²) in [4.78, 5) is 50.3. The lowest BCUT2D eigenvalue weighted by Gasteiger charge is -2.71. The van der Waals surface area contributed by atoms with Crippen molar-refractivity contribution in [1.29, 1.82) is 0 Å². The lowest BCUT2D eigenvalue weighted by molar-refractivity contribution is -0.236. The van der Waals surface area contributed by atoms with Crippen LogP contribution in [0.25, 0.3) is 11.3 Å². The van der Waals surface area contributed by atoms with Crippen molar-refractivity contribution in [2.24, 2.45) is 69.0 Å². The number of amides is 1. The smallest absolute Gasteiger partial charge is 0.309 e. The van der Waals surface area contributed by atoms with Crippen LogP contribution in [0.1, 0.15) is 136 Å². The first-order valence-corrected chi connectivity index (χ1v) is 21.8. The summed E-state index contributed by atoms with van der Waals surface area (Å²) in [6.07, 6.45) is 15.8. The summed E-state index contributed by atoms with van der Waals surface area (Å²) < 4.78 is 20.9. The third-order valence-corrected chi connectivity index (χ3v) is 18.6. The second-order valence-corrected chi connectivity index (χ2v) is 20.2. The number of likely N-dealkylation sites (tertiary alicyclic amines) is 1. The lowest BCUT2D eigenvalue weighted by Crippen LogP contribution is -2.66. The number of aromatic amines is 1. The van der Waals surface area contributed by atoms with Gasteiger partial charge in [0.15, 0.2) is 0 Å². The first-order chi connectivity index (χ1) is 26.2. The number of esters is 1. The Bertz CT molecular complexity index is 1860. The normalized spacial score (nSPS) is 44.7. The van der Waals surface area contributed by atoms with Crippen LogP contribution < -0.4 is 0 Å². The van der Waals surface area contributed by atoms with E-state index in [2.05, 4.69) is 37.6 Å². The molecule has 6 aliphatic carbocycles. The number of ether oxygens (including phenoxy) is 1. The molecular weight excluding hydrogens is 694 g/mol. The SMILES string of the molecule is CC1C(C(=O)O)CC1C(=O)OC1CCC2(C)C(CCC3(C)C2CCC2C4CCCC4(C(=O)N4CCCC4c4ncc(-c5ccccc5F)[nH]4)CC[C@]23C)C1C. The zero-order chi connectivity index (χ0) is 38.7. The third-order valence-electron chi connectivity index (χ3n) is 18.6. The summed E-state index contributed by atoms with van der Waals surface area (Å²) in [6, 6.07) is 6.68. The number of rotatable bonds is 6. The highest BCUT2D eigenvalue weighted by molar-refractivity contribution is 5.84. The van der Waals surface area contributed by atoms with Crippen molar-refractivity contribution < 1.29 is 28.6 Å². The predicted octanol–water partition coefficient (Wildman–Crippen LogP) is 9.61. The van der Waals surface area contributed by atoms with Crippen molar-refractivity contribution in [3.05, 3.63) is 42.1 Å². The van der Waals surface area contributed by atoms with E-state index in [0.717, 1.165) is 76.6 Å². The molecule has 1 aliphatic heterocycles. The molecule has 7 aliphatic rings. The van der Waals surface area contributed by atoms with Crippen molar-refractivity contribution >= 4 is 17.8 Å². The second-order valence-electron chi connectivity index (χ2n) is 20.2. The number of aromatic nitrogens is 2. The Balaban J connectivity index is 0.917. The fourth-order valence-electron chi connectivity index (χ4n) is 15.3. The van der Waals surface area contributed by atoms with Gasteiger partial charge in [0.1, 0.15) is 17.7 Å². The number of carbonyl (C=O) groups excluding carboxylic acids is 2. The van der Waals surface area contributed by atoms with Crippen molar-refractivity contribution in [3.63, 3.8) is 0 Å². The number of benzene rings is 1. The molecule has 0 radical (unpaired) electrons. The number of H-pyrrole nitrogens is 1. The van der Waals surface area contributed by atoms with E-state index in [1.165, 1.54) is 25.3 Å². The van der Waals surface area contributed by atoms with Crippen LogP contribution in [0.15, 0.2) is 30.5 Å². The molecule has 2 heterocycles. The van der Waals surface area contributed by atoms with E-state index in [1.54, 1.807) is 18.3 Å². The molecule has 0 bridgehead atoms. The van der Waals surface area contributed by atoms with Gasteiger partial charge in [-0.3, -0.25) is 14.4 Å². The van der Waals surface area contributed by atoms with Crippen LogP contribution in [0.4, 0.5) is 4.39 Å². The Hall–Kier alpha value is -3.23. The molecule has 298 valence electrons. The minimum absolute atomic E-state index is 0.0978. The maximum absolute atomic E-state index is 15.1. The Kier molecular flexibility index (Phi) is 8.93. The maximum atomic E-state index is 15.1. The van der Waals surface area contributed by atoms with Gasteiger partial charge in [0.25, 0.3) is 0 Å². The van der Waals surface area contributed by atoms with Gasteiger partial charge in [-0.2, -0.15) is 0 Å². The van der Waals surface area contributed by atoms with Crippen LogP contribution in [0.2, 0.25) is 0 Å². The van der Waals surface area contributed by atoms with Gasteiger partial charge in [-0.05, 0) is 147 Å². The predicted molar refractivity (Wildman–Crippen MR) is 207 cm³/mol. The summed E-state index contributed by atoms with van der Waals surface area (Å²) in [7, 11) is 0. The quantitative estimate of drug-likeness (QED) is 0.284. The average Bonchev–Trinajstić information content (AvgIpc) is 3.93. The zero-order valence-corrected chi connectivity index (χ0v) is 33.6. The number of hydrogen-bond donors (Lipinski definition) is 2. The molecular formula is C46H62FN3O5. The van der Waals surface area contributed by atoms with Crippen molar-refractivity contribution in [2.75, 3.05) is 6.54 Å². The first kappa shape index (κ1) is 37.4. The van der Waals surface area contributed by atoms with Gasteiger partial charge >= 0.3 is 11.9 Å². The van der Waals surface area contributed by atoms with Gasteiger partial charge in [-0.1, -0.05) is 53.2 Å². The van der Waals surface area contributed by atoms with Crippen molar-refractivity contribution in [3.8, 4) is 11.3 Å². The number of aliphatic carboxylic acids is 1. The van der Waals surface area contributed by atoms with Gasteiger partial charge in [-0.15, -0.1) is 0 Å². The van der Waals surface area contributed by atoms with E-state index in [-0.39, 0.29) is 63.3 Å². The molecule has 1 saturated heterocycles. The summed E-state index contributed by atoms with van der Waals surface area (Å²) in [5.41, 5.74) is 1.38. The van der Waals surface area contributed by atoms with E-state index in [1.807, 2.05) is 13.0 Å². The van der Waals surface area contributed by atoms with Gasteiger partial charge in [0.2, 0.25) is 5.91 Å². The minimum Gasteiger partial charge on any atom is -0.481 e. The molecule has 14 atom stereocenters. The molecule has 8 nitrogen and oxygen atoms in total. The fraction of sp³-hybridized carbons (Fsp3) is 0.739. The van der Waals surface area contributed by atoms with Crippen LogP contribution in [0, 0.1) is 74.8 Å². The molecule has 2 aromatic rings. The summed E-state index contributed by atoms with van der Waals surface area (Å²) >= 11 is 0. The Morgan fingerprint density at radius 2 is 1.65 bits per heavy atom. The molecule has 9 rings (SSSR count). The number of hydrogen-bond acceptors (Lipinski definition) is 5. The topological polar surface area (TPSA) is 113 Å². The van der Waals surface area contributed by atoms with Gasteiger partial charge in [0.05, 0.1) is 35.2 Å². The zero-order valence-electron chi connectivity index (χ0n) is 33.6. The Morgan fingerprint density at radius 3 is 2.42 bits per heavy atom. The number of halogens is 1. The van der Waals surface area contributed by atoms with Crippen molar-refractivity contribution in [1.82, 2.24) is 14.9 Å². The number of fused-ring (bicyclic) bond motifs is 7. The number of nitrogens with zero attached hydrogens (tertiary/aromatic N) is 2. The van der Waals surface area contributed by atoms with E-state index >= 15 is 4.79 Å². The molecule has 55 heavy (non-hydrogen) atoms. The molecule has 13 unspecified atom stereocenters. The lowest BCUT2D eigenvalue weighted by atomic mass is 9.33. The summed E-state index contributed by atoms with van der Waals surface area (Å²) in [5.74, 6) is 1.24. The second kappa shape index (κ2) is 13.2. The number of carbonyl (C=O) groups is 3. The third kappa shape index (κ3) is 5.31. The fourth-order valence-corrected chi connectivity index (χ4v) is 15.3. The standard InChI is InChI=1S/C46H62FN3O5/c1-26-29(40(51)52)24-30(26)41(53)55-37-17-19-43(3)31(27(37)2)16-20-45(5)38(43)15-14-32-33-11-8-18-46(33,22-21-44(32,45)4)42(54)50-23-9-13-36(50)39-48-25-35(49-39)28-10-6-7-12-34(28)47/h6-7,10,12,25-27,29-33,36-38H,8-9,11,13-24H2,1-5H3,(H,48,49)(H,51,52)/t26?,27?,29?,30?,31?,32?,33?,36?,37?,38?,43?,44-,45?,46?/m1/s1. The van der Waals surface area contributed by atoms with Crippen molar-refractivity contribution in [2.45, 2.75) is 137 Å². The van der Waals surface area contributed by atoms with Gasteiger partial charge < -0.3 is 19.7 Å². The van der Waals surface area contributed by atoms with E-state index < -0.39 is 11.9 Å². The summed E-state index contributed by atoms with van der Waals surface area (Å²) in [5, 5.41) is 9.46. The summed E-state index contributed by atoms with van der Waals surface area (Å²) in [6.45, 7) is 12.8. The molecule has 1 aromatic heterocycles. The highest BCUT2D eigenvalue weighted by Crippen LogP contribution is 2.76. The van der Waals surface area contributed by atoms with E-state index in [0.29, 0.717) is 47.3 Å². The van der Waals surface area contributed by atoms with Crippen LogP contribution in [0.3, 0.4) is 0 Å². The van der Waals surface area contributed by atoms with E-state index in [4.69, 9.17) is 9.72 Å². The monoisotopic (exact) mass is 755 g/mol. The number of carboxylic acid groups (broad SMARTS) is 1.